The predicted molar refractivity (Wildman–Crippen MR) is 273 cm³/mol. The topological polar surface area (TPSA) is 95.9 Å². The summed E-state index contributed by atoms with van der Waals surface area (Å²) in [5.41, 5.74) is 0. The average molecular weight is 891 g/mol. The van der Waals surface area contributed by atoms with Crippen molar-refractivity contribution in [1.82, 2.24) is 5.32 Å². The predicted octanol–water partition coefficient (Wildman–Crippen LogP) is 17.3. The maximum absolute atomic E-state index is 12.5. The highest BCUT2D eigenvalue weighted by Crippen LogP contribution is 2.17. The first-order valence-corrected chi connectivity index (χ1v) is 28.4. The molecule has 0 aliphatic rings. The lowest BCUT2D eigenvalue weighted by Gasteiger charge is -2.22. The molecule has 2 unspecified atom stereocenters. The molecule has 0 fully saturated rings. The van der Waals surface area contributed by atoms with E-state index in [2.05, 4.69) is 31.3 Å². The molecule has 0 saturated carbocycles. The van der Waals surface area contributed by atoms with Gasteiger partial charge in [0.05, 0.1) is 25.4 Å². The molecule has 0 bridgehead atoms. The van der Waals surface area contributed by atoms with Crippen molar-refractivity contribution in [3.8, 4) is 0 Å². The minimum atomic E-state index is -0.666. The van der Waals surface area contributed by atoms with E-state index < -0.39 is 12.1 Å². The van der Waals surface area contributed by atoms with Crippen LogP contribution in [0.1, 0.15) is 316 Å². The van der Waals surface area contributed by atoms with E-state index in [4.69, 9.17) is 4.74 Å². The number of hydrogen-bond acceptors (Lipinski definition) is 5. The number of carbonyl (C=O) groups excluding carboxylic acids is 2. The van der Waals surface area contributed by atoms with Crippen molar-refractivity contribution in [2.75, 3.05) is 13.2 Å². The highest BCUT2D eigenvalue weighted by atomic mass is 16.5. The quantitative estimate of drug-likeness (QED) is 0.0321. The third kappa shape index (κ3) is 49.9. The Labute approximate surface area is 393 Å². The molecule has 3 N–H and O–H groups in total. The van der Waals surface area contributed by atoms with Crippen LogP contribution in [0.5, 0.6) is 0 Å². The molecule has 2 atom stereocenters. The first kappa shape index (κ1) is 61.6. The third-order valence-electron chi connectivity index (χ3n) is 13.3. The van der Waals surface area contributed by atoms with Crippen molar-refractivity contribution < 1.29 is 24.5 Å². The average Bonchev–Trinajstić information content (AvgIpc) is 3.28. The summed E-state index contributed by atoms with van der Waals surface area (Å²) in [4.78, 5) is 24.5. The molecule has 0 aliphatic heterocycles. The summed E-state index contributed by atoms with van der Waals surface area (Å²) >= 11 is 0. The van der Waals surface area contributed by atoms with E-state index >= 15 is 0 Å². The van der Waals surface area contributed by atoms with Crippen molar-refractivity contribution in [2.45, 2.75) is 328 Å². The third-order valence-corrected chi connectivity index (χ3v) is 13.3. The van der Waals surface area contributed by atoms with Gasteiger partial charge in [0.1, 0.15) is 0 Å². The van der Waals surface area contributed by atoms with Gasteiger partial charge in [-0.3, -0.25) is 9.59 Å². The number of aliphatic hydroxyl groups is 2. The van der Waals surface area contributed by atoms with Crippen LogP contribution in [-0.4, -0.2) is 47.4 Å². The fraction of sp³-hybridized carbons (Fsp3) is 0.930. The number of nitrogens with one attached hydrogen (secondary N) is 1. The van der Waals surface area contributed by atoms with E-state index in [9.17, 15) is 19.8 Å². The van der Waals surface area contributed by atoms with E-state index in [-0.39, 0.29) is 18.5 Å². The first-order valence-electron chi connectivity index (χ1n) is 28.4. The second-order valence-corrected chi connectivity index (χ2v) is 19.6. The normalized spacial score (nSPS) is 12.6. The van der Waals surface area contributed by atoms with Crippen LogP contribution >= 0.6 is 0 Å². The molecular weight excluding hydrogens is 779 g/mol. The number of aliphatic hydroxyl groups excluding tert-OH is 2. The zero-order valence-corrected chi connectivity index (χ0v) is 42.6. The minimum Gasteiger partial charge on any atom is -0.466 e. The minimum absolute atomic E-state index is 0.00145. The number of esters is 1. The molecule has 0 aromatic carbocycles. The van der Waals surface area contributed by atoms with Crippen LogP contribution in [-0.2, 0) is 14.3 Å². The lowest BCUT2D eigenvalue weighted by molar-refractivity contribution is -0.143. The number of amides is 1. The summed E-state index contributed by atoms with van der Waals surface area (Å²) < 4.78 is 5.46. The summed E-state index contributed by atoms with van der Waals surface area (Å²) in [6.45, 7) is 4.94. The molecular formula is C57H111NO5. The van der Waals surface area contributed by atoms with Crippen molar-refractivity contribution >= 4 is 11.9 Å². The molecule has 0 heterocycles. The van der Waals surface area contributed by atoms with E-state index in [1.165, 1.54) is 238 Å². The summed E-state index contributed by atoms with van der Waals surface area (Å²) in [6.07, 6.45) is 61.9. The summed E-state index contributed by atoms with van der Waals surface area (Å²) in [7, 11) is 0. The molecule has 0 aromatic heterocycles. The monoisotopic (exact) mass is 890 g/mol. The molecule has 0 aromatic rings. The van der Waals surface area contributed by atoms with Crippen LogP contribution in [0.4, 0.5) is 0 Å². The van der Waals surface area contributed by atoms with Gasteiger partial charge in [0.2, 0.25) is 5.91 Å². The summed E-state index contributed by atoms with van der Waals surface area (Å²) in [6, 6.07) is -0.543. The molecule has 0 rings (SSSR count). The molecule has 0 radical (unpaired) electrons. The smallest absolute Gasteiger partial charge is 0.305 e. The van der Waals surface area contributed by atoms with Crippen molar-refractivity contribution in [1.29, 1.82) is 0 Å². The molecule has 6 nitrogen and oxygen atoms in total. The van der Waals surface area contributed by atoms with Gasteiger partial charge < -0.3 is 20.3 Å². The Morgan fingerprint density at radius 3 is 1.14 bits per heavy atom. The Bertz CT molecular complexity index is 939. The SMILES string of the molecule is CCCCCC/C=C\CCCCCCCC(=O)OCCCCCCCCCCCCCCCCCCCCC(=O)NC(CO)C(O)CCCCCCCCCCCCCCCCC. The number of hydrogen-bond donors (Lipinski definition) is 3. The van der Waals surface area contributed by atoms with Gasteiger partial charge in [-0.2, -0.15) is 0 Å². The maximum Gasteiger partial charge on any atom is 0.305 e. The Morgan fingerprint density at radius 1 is 0.429 bits per heavy atom. The highest BCUT2D eigenvalue weighted by Gasteiger charge is 2.20. The van der Waals surface area contributed by atoms with Gasteiger partial charge in [-0.05, 0) is 51.4 Å². The van der Waals surface area contributed by atoms with E-state index in [1.54, 1.807) is 0 Å². The summed E-state index contributed by atoms with van der Waals surface area (Å²) in [5.74, 6) is -0.0387. The second-order valence-electron chi connectivity index (χ2n) is 19.6. The molecule has 0 aliphatic carbocycles. The molecule has 0 spiro atoms. The van der Waals surface area contributed by atoms with Gasteiger partial charge in [-0.1, -0.05) is 264 Å². The maximum atomic E-state index is 12.5. The van der Waals surface area contributed by atoms with Crippen molar-refractivity contribution in [3.05, 3.63) is 12.2 Å². The van der Waals surface area contributed by atoms with E-state index in [0.717, 1.165) is 44.9 Å². The van der Waals surface area contributed by atoms with Gasteiger partial charge in [-0.25, -0.2) is 0 Å². The number of rotatable bonds is 53. The van der Waals surface area contributed by atoms with Crippen LogP contribution < -0.4 is 5.32 Å². The number of allylic oxidation sites excluding steroid dienone is 2. The van der Waals surface area contributed by atoms with Crippen LogP contribution in [0, 0.1) is 0 Å². The number of unbranched alkanes of at least 4 members (excludes halogenated alkanes) is 40. The van der Waals surface area contributed by atoms with Crippen LogP contribution in [0.2, 0.25) is 0 Å². The van der Waals surface area contributed by atoms with Crippen LogP contribution in [0.3, 0.4) is 0 Å². The zero-order chi connectivity index (χ0) is 45.8. The van der Waals surface area contributed by atoms with Gasteiger partial charge in [0.25, 0.3) is 0 Å². The standard InChI is InChI=1S/C57H111NO5/c1-3-5-7-9-11-13-15-17-22-26-29-33-37-41-45-49-55(60)54(53-59)58-56(61)50-46-42-38-34-30-27-23-20-18-19-21-24-28-32-36-40-44-48-52-63-57(62)51-47-43-39-35-31-25-16-14-12-10-8-6-4-2/h14,16,54-55,59-60H,3-13,15,17-53H2,1-2H3,(H,58,61)/b16-14-. The van der Waals surface area contributed by atoms with Gasteiger partial charge in [-0.15, -0.1) is 0 Å². The van der Waals surface area contributed by atoms with Gasteiger partial charge >= 0.3 is 5.97 Å². The Morgan fingerprint density at radius 2 is 0.746 bits per heavy atom. The Balaban J connectivity index is 3.40. The van der Waals surface area contributed by atoms with E-state index in [1.807, 2.05) is 0 Å². The molecule has 6 heteroatoms. The zero-order valence-electron chi connectivity index (χ0n) is 42.6. The second kappa shape index (κ2) is 53.2. The highest BCUT2D eigenvalue weighted by molar-refractivity contribution is 5.76. The summed E-state index contributed by atoms with van der Waals surface area (Å²) in [5, 5.41) is 23.3. The van der Waals surface area contributed by atoms with E-state index in [0.29, 0.717) is 25.9 Å². The molecule has 0 saturated heterocycles. The largest absolute Gasteiger partial charge is 0.466 e. The first-order chi connectivity index (χ1) is 31.0. The Kier molecular flexibility index (Phi) is 52.0. The van der Waals surface area contributed by atoms with Crippen LogP contribution in [0.15, 0.2) is 12.2 Å². The molecule has 1 amide bonds. The van der Waals surface area contributed by atoms with Crippen molar-refractivity contribution in [3.63, 3.8) is 0 Å². The molecule has 63 heavy (non-hydrogen) atoms. The Hall–Kier alpha value is -1.40. The lowest BCUT2D eigenvalue weighted by atomic mass is 10.0. The van der Waals surface area contributed by atoms with Gasteiger partial charge in [0.15, 0.2) is 0 Å². The number of carbonyl (C=O) groups is 2. The fourth-order valence-electron chi connectivity index (χ4n) is 8.93. The number of ether oxygens (including phenoxy) is 1. The fourth-order valence-corrected chi connectivity index (χ4v) is 8.93. The molecule has 374 valence electrons. The van der Waals surface area contributed by atoms with Crippen LogP contribution in [0.25, 0.3) is 0 Å². The van der Waals surface area contributed by atoms with Crippen molar-refractivity contribution in [2.24, 2.45) is 0 Å². The van der Waals surface area contributed by atoms with Gasteiger partial charge in [0, 0.05) is 12.8 Å². The lowest BCUT2D eigenvalue weighted by Crippen LogP contribution is -2.45.